The molecular weight excluding hydrogens is 336 g/mol. The fraction of sp³-hybridized carbons (Fsp3) is 0.211. The third-order valence-electron chi connectivity index (χ3n) is 3.70. The van der Waals surface area contributed by atoms with Gasteiger partial charge in [0.05, 0.1) is 5.56 Å². The van der Waals surface area contributed by atoms with Crippen LogP contribution in [-0.4, -0.2) is 22.4 Å². The Balaban J connectivity index is 1.74. The second-order valence-electron chi connectivity index (χ2n) is 5.56. The summed E-state index contributed by atoms with van der Waals surface area (Å²) in [5.41, 5.74) is 2.51. The molecule has 0 amide bonds. The third-order valence-corrected chi connectivity index (χ3v) is 4.49. The number of esters is 1. The Labute approximate surface area is 150 Å². The molecule has 0 spiro atoms. The van der Waals surface area contributed by atoms with E-state index in [2.05, 4.69) is 10.2 Å². The molecule has 0 fully saturated rings. The van der Waals surface area contributed by atoms with E-state index in [0.717, 1.165) is 16.0 Å². The molecule has 0 radical (unpaired) electrons. The van der Waals surface area contributed by atoms with E-state index in [1.165, 1.54) is 11.8 Å². The number of aromatic nitrogens is 2. The summed E-state index contributed by atoms with van der Waals surface area (Å²) >= 11 is 1.50. The molecule has 3 aromatic rings. The SMILES string of the molecule is CSc1ccccc1C(=O)O[C@@H](C)c1nnc(-c2ccc(C)cc2)o1. The van der Waals surface area contributed by atoms with Gasteiger partial charge in [0, 0.05) is 10.5 Å². The van der Waals surface area contributed by atoms with Crippen LogP contribution in [0.3, 0.4) is 0 Å². The van der Waals surface area contributed by atoms with Crippen molar-refractivity contribution >= 4 is 17.7 Å². The Morgan fingerprint density at radius 1 is 1.12 bits per heavy atom. The number of thioether (sulfide) groups is 1. The van der Waals surface area contributed by atoms with Crippen LogP contribution in [0.5, 0.6) is 0 Å². The summed E-state index contributed by atoms with van der Waals surface area (Å²) in [5.74, 6) is 0.264. The van der Waals surface area contributed by atoms with Gasteiger partial charge >= 0.3 is 5.97 Å². The zero-order valence-corrected chi connectivity index (χ0v) is 15.0. The summed E-state index contributed by atoms with van der Waals surface area (Å²) in [6.07, 6.45) is 1.29. The summed E-state index contributed by atoms with van der Waals surface area (Å²) < 4.78 is 11.1. The van der Waals surface area contributed by atoms with Crippen LogP contribution >= 0.6 is 11.8 Å². The van der Waals surface area contributed by atoms with Crippen LogP contribution in [-0.2, 0) is 4.74 Å². The van der Waals surface area contributed by atoms with Crippen LogP contribution in [0.15, 0.2) is 57.8 Å². The van der Waals surface area contributed by atoms with Crippen LogP contribution in [0.4, 0.5) is 0 Å². The molecule has 1 heterocycles. The van der Waals surface area contributed by atoms with Crippen molar-refractivity contribution in [1.82, 2.24) is 10.2 Å². The first-order valence-corrected chi connectivity index (χ1v) is 9.05. The molecule has 0 aliphatic heterocycles. The van der Waals surface area contributed by atoms with E-state index in [4.69, 9.17) is 9.15 Å². The molecule has 0 saturated carbocycles. The van der Waals surface area contributed by atoms with Gasteiger partial charge in [-0.3, -0.25) is 0 Å². The van der Waals surface area contributed by atoms with Gasteiger partial charge in [0.15, 0.2) is 6.10 Å². The second kappa shape index (κ2) is 7.53. The van der Waals surface area contributed by atoms with Crippen molar-refractivity contribution in [3.05, 3.63) is 65.5 Å². The van der Waals surface area contributed by atoms with Gasteiger partial charge in [-0.25, -0.2) is 4.79 Å². The topological polar surface area (TPSA) is 65.2 Å². The number of hydrogen-bond acceptors (Lipinski definition) is 6. The summed E-state index contributed by atoms with van der Waals surface area (Å²) in [5, 5.41) is 8.04. The van der Waals surface area contributed by atoms with Gasteiger partial charge in [-0.15, -0.1) is 22.0 Å². The lowest BCUT2D eigenvalue weighted by atomic mass is 10.1. The van der Waals surface area contributed by atoms with Crippen molar-refractivity contribution in [3.8, 4) is 11.5 Å². The highest BCUT2D eigenvalue weighted by atomic mass is 32.2. The largest absolute Gasteiger partial charge is 0.449 e. The fourth-order valence-electron chi connectivity index (χ4n) is 2.30. The second-order valence-corrected chi connectivity index (χ2v) is 6.41. The van der Waals surface area contributed by atoms with Crippen molar-refractivity contribution in [2.45, 2.75) is 24.8 Å². The average molecular weight is 354 g/mol. The van der Waals surface area contributed by atoms with E-state index in [0.29, 0.717) is 11.5 Å². The Morgan fingerprint density at radius 2 is 1.84 bits per heavy atom. The number of nitrogens with zero attached hydrogens (tertiary/aromatic N) is 2. The lowest BCUT2D eigenvalue weighted by Gasteiger charge is -2.11. The Morgan fingerprint density at radius 3 is 2.56 bits per heavy atom. The predicted molar refractivity (Wildman–Crippen MR) is 96.5 cm³/mol. The normalized spacial score (nSPS) is 12.0. The molecule has 0 N–H and O–H groups in total. The van der Waals surface area contributed by atoms with Crippen molar-refractivity contribution in [2.24, 2.45) is 0 Å². The van der Waals surface area contributed by atoms with Crippen molar-refractivity contribution in [3.63, 3.8) is 0 Å². The molecule has 0 aliphatic rings. The molecular formula is C19H18N2O3S. The highest BCUT2D eigenvalue weighted by Gasteiger charge is 2.21. The maximum absolute atomic E-state index is 12.4. The molecule has 6 heteroatoms. The van der Waals surface area contributed by atoms with E-state index in [1.54, 1.807) is 13.0 Å². The van der Waals surface area contributed by atoms with Crippen LogP contribution in [0.2, 0.25) is 0 Å². The van der Waals surface area contributed by atoms with Crippen LogP contribution < -0.4 is 0 Å². The number of rotatable bonds is 5. The van der Waals surface area contributed by atoms with E-state index in [1.807, 2.05) is 55.6 Å². The van der Waals surface area contributed by atoms with Gasteiger partial charge in [-0.2, -0.15) is 0 Å². The van der Waals surface area contributed by atoms with E-state index >= 15 is 0 Å². The van der Waals surface area contributed by atoms with E-state index < -0.39 is 12.1 Å². The van der Waals surface area contributed by atoms with E-state index in [9.17, 15) is 4.79 Å². The fourth-order valence-corrected chi connectivity index (χ4v) is 2.89. The standard InChI is InChI=1S/C19H18N2O3S/c1-12-8-10-14(11-9-12)18-21-20-17(24-18)13(2)23-19(22)15-6-4-5-7-16(15)25-3/h4-11,13H,1-3H3/t13-/m0/s1. The highest BCUT2D eigenvalue weighted by molar-refractivity contribution is 7.98. The number of ether oxygens (including phenoxy) is 1. The van der Waals surface area contributed by atoms with Gasteiger partial charge in [0.2, 0.25) is 5.89 Å². The summed E-state index contributed by atoms with van der Waals surface area (Å²) in [7, 11) is 0. The van der Waals surface area contributed by atoms with Gasteiger partial charge in [-0.05, 0) is 44.4 Å². The van der Waals surface area contributed by atoms with Gasteiger partial charge in [0.1, 0.15) is 0 Å². The van der Waals surface area contributed by atoms with Crippen LogP contribution in [0, 0.1) is 6.92 Å². The number of aryl methyl sites for hydroxylation is 1. The number of carbonyl (C=O) groups is 1. The van der Waals surface area contributed by atoms with Crippen molar-refractivity contribution < 1.29 is 13.9 Å². The lowest BCUT2D eigenvalue weighted by Crippen LogP contribution is -2.10. The molecule has 5 nitrogen and oxygen atoms in total. The van der Waals surface area contributed by atoms with Gasteiger partial charge < -0.3 is 9.15 Å². The first-order chi connectivity index (χ1) is 12.1. The lowest BCUT2D eigenvalue weighted by molar-refractivity contribution is 0.0276. The first-order valence-electron chi connectivity index (χ1n) is 7.83. The van der Waals surface area contributed by atoms with Crippen molar-refractivity contribution in [1.29, 1.82) is 0 Å². The molecule has 0 saturated heterocycles. The molecule has 0 unspecified atom stereocenters. The Bertz CT molecular complexity index is 874. The van der Waals surface area contributed by atoms with E-state index in [-0.39, 0.29) is 5.89 Å². The summed E-state index contributed by atoms with van der Waals surface area (Å²) in [6.45, 7) is 3.73. The Hall–Kier alpha value is -2.60. The molecule has 1 aromatic heterocycles. The maximum Gasteiger partial charge on any atom is 0.340 e. The van der Waals surface area contributed by atoms with Gasteiger partial charge in [0.25, 0.3) is 5.89 Å². The summed E-state index contributed by atoms with van der Waals surface area (Å²) in [6, 6.07) is 15.1. The zero-order chi connectivity index (χ0) is 17.8. The molecule has 0 bridgehead atoms. The number of hydrogen-bond donors (Lipinski definition) is 0. The third kappa shape index (κ3) is 3.91. The molecule has 2 aromatic carbocycles. The molecule has 1 atom stereocenters. The maximum atomic E-state index is 12.4. The molecule has 25 heavy (non-hydrogen) atoms. The minimum atomic E-state index is -0.630. The smallest absolute Gasteiger partial charge is 0.340 e. The van der Waals surface area contributed by atoms with Gasteiger partial charge in [-0.1, -0.05) is 29.8 Å². The highest BCUT2D eigenvalue weighted by Crippen LogP contribution is 2.25. The minimum absolute atomic E-state index is 0.269. The minimum Gasteiger partial charge on any atom is -0.449 e. The quantitative estimate of drug-likeness (QED) is 0.489. The van der Waals surface area contributed by atoms with Crippen molar-refractivity contribution in [2.75, 3.05) is 6.26 Å². The number of benzene rings is 2. The monoisotopic (exact) mass is 354 g/mol. The Kier molecular flexibility index (Phi) is 5.19. The zero-order valence-electron chi connectivity index (χ0n) is 14.2. The van der Waals surface area contributed by atoms with Crippen LogP contribution in [0.1, 0.15) is 34.8 Å². The predicted octanol–water partition coefficient (Wildman–Crippen LogP) is 4.68. The number of carbonyl (C=O) groups excluding carboxylic acids is 1. The van der Waals surface area contributed by atoms with Crippen LogP contribution in [0.25, 0.3) is 11.5 Å². The molecule has 0 aliphatic carbocycles. The summed E-state index contributed by atoms with van der Waals surface area (Å²) in [4.78, 5) is 13.3. The first kappa shape index (κ1) is 17.2. The molecule has 3 rings (SSSR count). The average Bonchev–Trinajstić information content (AvgIpc) is 3.12. The molecule has 128 valence electrons.